The van der Waals surface area contributed by atoms with Crippen molar-refractivity contribution in [2.45, 2.75) is 25.9 Å². The molecular formula is C13H19N3O4. The first-order valence-electron chi connectivity index (χ1n) is 6.36. The van der Waals surface area contributed by atoms with Crippen LogP contribution in [0.15, 0.2) is 24.5 Å². The van der Waals surface area contributed by atoms with Crippen molar-refractivity contribution in [2.75, 3.05) is 13.2 Å². The summed E-state index contributed by atoms with van der Waals surface area (Å²) in [7, 11) is 0. The van der Waals surface area contributed by atoms with E-state index in [0.717, 1.165) is 5.56 Å². The van der Waals surface area contributed by atoms with Crippen LogP contribution in [-0.4, -0.2) is 51.3 Å². The van der Waals surface area contributed by atoms with Crippen molar-refractivity contribution in [2.24, 2.45) is 0 Å². The van der Waals surface area contributed by atoms with Crippen LogP contribution in [0.3, 0.4) is 0 Å². The van der Waals surface area contributed by atoms with Crippen molar-refractivity contribution in [3.05, 3.63) is 30.1 Å². The molecule has 0 fully saturated rings. The number of aliphatic hydroxyl groups is 1. The summed E-state index contributed by atoms with van der Waals surface area (Å²) in [6.45, 7) is 2.33. The Bertz CT molecular complexity index is 439. The molecule has 0 saturated heterocycles. The Morgan fingerprint density at radius 2 is 2.05 bits per heavy atom. The molecule has 7 heteroatoms. The van der Waals surface area contributed by atoms with Crippen LogP contribution in [0.25, 0.3) is 0 Å². The van der Waals surface area contributed by atoms with E-state index < -0.39 is 18.0 Å². The van der Waals surface area contributed by atoms with Crippen molar-refractivity contribution >= 4 is 12.0 Å². The fourth-order valence-electron chi connectivity index (χ4n) is 1.66. The van der Waals surface area contributed by atoms with Crippen LogP contribution in [0, 0.1) is 0 Å². The molecule has 1 aromatic heterocycles. The molecule has 0 aliphatic heterocycles. The number of hydrogen-bond acceptors (Lipinski definition) is 4. The highest BCUT2D eigenvalue weighted by Gasteiger charge is 2.22. The molecule has 7 nitrogen and oxygen atoms in total. The number of carbonyl (C=O) groups excluding carboxylic acids is 1. The average molecular weight is 281 g/mol. The van der Waals surface area contributed by atoms with E-state index in [2.05, 4.69) is 10.3 Å². The van der Waals surface area contributed by atoms with E-state index in [-0.39, 0.29) is 13.0 Å². The van der Waals surface area contributed by atoms with E-state index >= 15 is 0 Å². The number of nitrogens with zero attached hydrogens (tertiary/aromatic N) is 2. The molecular weight excluding hydrogens is 262 g/mol. The van der Waals surface area contributed by atoms with Crippen LogP contribution in [0.5, 0.6) is 0 Å². The summed E-state index contributed by atoms with van der Waals surface area (Å²) in [6, 6.07) is 2.03. The third kappa shape index (κ3) is 4.85. The minimum Gasteiger partial charge on any atom is -0.480 e. The zero-order chi connectivity index (χ0) is 15.0. The molecule has 1 unspecified atom stereocenters. The second-order valence-electron chi connectivity index (χ2n) is 4.22. The average Bonchev–Trinajstić information content (AvgIpc) is 2.45. The van der Waals surface area contributed by atoms with Gasteiger partial charge in [-0.1, -0.05) is 0 Å². The lowest BCUT2D eigenvalue weighted by molar-refractivity contribution is -0.139. The fourth-order valence-corrected chi connectivity index (χ4v) is 1.66. The van der Waals surface area contributed by atoms with Gasteiger partial charge in [-0.3, -0.25) is 4.98 Å². The molecule has 1 heterocycles. The minimum atomic E-state index is -1.16. The normalized spacial score (nSPS) is 11.7. The van der Waals surface area contributed by atoms with Crippen molar-refractivity contribution < 1.29 is 19.8 Å². The van der Waals surface area contributed by atoms with E-state index in [1.807, 2.05) is 6.92 Å². The van der Waals surface area contributed by atoms with Crippen LogP contribution in [0.1, 0.15) is 18.9 Å². The third-order valence-corrected chi connectivity index (χ3v) is 2.81. The Morgan fingerprint density at radius 3 is 2.55 bits per heavy atom. The lowest BCUT2D eigenvalue weighted by Gasteiger charge is -2.23. The topological polar surface area (TPSA) is 103 Å². The summed E-state index contributed by atoms with van der Waals surface area (Å²) in [5, 5.41) is 20.1. The van der Waals surface area contributed by atoms with Crippen molar-refractivity contribution in [1.29, 1.82) is 0 Å². The summed E-state index contributed by atoms with van der Waals surface area (Å²) in [4.78, 5) is 28.3. The molecule has 110 valence electrons. The maximum absolute atomic E-state index is 12.0. The Morgan fingerprint density at radius 1 is 1.40 bits per heavy atom. The first-order chi connectivity index (χ1) is 9.58. The maximum Gasteiger partial charge on any atom is 0.326 e. The Balaban J connectivity index is 2.64. The molecule has 0 radical (unpaired) electrons. The zero-order valence-electron chi connectivity index (χ0n) is 11.3. The monoisotopic (exact) mass is 281 g/mol. The highest BCUT2D eigenvalue weighted by atomic mass is 16.4. The summed E-state index contributed by atoms with van der Waals surface area (Å²) in [5.74, 6) is -1.16. The van der Waals surface area contributed by atoms with Crippen LogP contribution >= 0.6 is 0 Å². The Labute approximate surface area is 117 Å². The molecule has 20 heavy (non-hydrogen) atoms. The number of nitrogens with one attached hydrogen (secondary N) is 1. The first-order valence-corrected chi connectivity index (χ1v) is 6.36. The van der Waals surface area contributed by atoms with E-state index in [0.29, 0.717) is 13.1 Å². The highest BCUT2D eigenvalue weighted by molar-refractivity contribution is 5.82. The number of carbonyl (C=O) groups is 2. The standard InChI is InChI=1S/C13H19N3O4/c1-2-16(9-10-3-6-14-7-4-10)13(20)15-11(5-8-17)12(18)19/h3-4,6-7,11,17H,2,5,8-9H2,1H3,(H,15,20)(H,18,19). The van der Waals surface area contributed by atoms with Crippen LogP contribution in [0.4, 0.5) is 4.79 Å². The quantitative estimate of drug-likeness (QED) is 0.673. The zero-order valence-corrected chi connectivity index (χ0v) is 11.3. The lowest BCUT2D eigenvalue weighted by Crippen LogP contribution is -2.48. The molecule has 1 aromatic rings. The number of aromatic nitrogens is 1. The second-order valence-corrected chi connectivity index (χ2v) is 4.22. The Kier molecular flexibility index (Phi) is 6.45. The van der Waals surface area contributed by atoms with Gasteiger partial charge in [0.1, 0.15) is 6.04 Å². The fraction of sp³-hybridized carbons (Fsp3) is 0.462. The van der Waals surface area contributed by atoms with E-state index in [1.54, 1.807) is 24.5 Å². The Hall–Kier alpha value is -2.15. The SMILES string of the molecule is CCN(Cc1ccncc1)C(=O)NC(CCO)C(=O)O. The number of carboxylic acids is 1. The van der Waals surface area contributed by atoms with Crippen LogP contribution < -0.4 is 5.32 Å². The molecule has 0 aliphatic rings. The number of aliphatic hydroxyl groups excluding tert-OH is 1. The van der Waals surface area contributed by atoms with Gasteiger partial charge in [-0.05, 0) is 24.6 Å². The van der Waals surface area contributed by atoms with Gasteiger partial charge in [0.2, 0.25) is 0 Å². The van der Waals surface area contributed by atoms with Crippen molar-refractivity contribution in [3.8, 4) is 0 Å². The predicted octanol–water partition coefficient (Wildman–Crippen LogP) is 0.449. The molecule has 0 aromatic carbocycles. The van der Waals surface area contributed by atoms with Crippen LogP contribution in [0.2, 0.25) is 0 Å². The molecule has 1 atom stereocenters. The minimum absolute atomic E-state index is 0.0200. The number of hydrogen-bond donors (Lipinski definition) is 3. The van der Waals surface area contributed by atoms with Crippen molar-refractivity contribution in [3.63, 3.8) is 0 Å². The lowest BCUT2D eigenvalue weighted by atomic mass is 10.2. The molecule has 0 spiro atoms. The van der Waals surface area contributed by atoms with E-state index in [4.69, 9.17) is 10.2 Å². The summed E-state index contributed by atoms with van der Waals surface area (Å²) < 4.78 is 0. The second kappa shape index (κ2) is 8.11. The number of amides is 2. The number of carboxylic acid groups (broad SMARTS) is 1. The van der Waals surface area contributed by atoms with Gasteiger partial charge in [0.25, 0.3) is 0 Å². The van der Waals surface area contributed by atoms with Gasteiger partial charge in [-0.2, -0.15) is 0 Å². The van der Waals surface area contributed by atoms with Gasteiger partial charge in [0.05, 0.1) is 0 Å². The van der Waals surface area contributed by atoms with E-state index in [9.17, 15) is 9.59 Å². The predicted molar refractivity (Wildman–Crippen MR) is 72.0 cm³/mol. The highest BCUT2D eigenvalue weighted by Crippen LogP contribution is 2.04. The number of rotatable bonds is 7. The summed E-state index contributed by atoms with van der Waals surface area (Å²) >= 11 is 0. The molecule has 0 bridgehead atoms. The van der Waals surface area contributed by atoms with E-state index in [1.165, 1.54) is 4.90 Å². The van der Waals surface area contributed by atoms with Gasteiger partial charge in [-0.25, -0.2) is 9.59 Å². The van der Waals surface area contributed by atoms with Gasteiger partial charge < -0.3 is 20.4 Å². The van der Waals surface area contributed by atoms with Crippen molar-refractivity contribution in [1.82, 2.24) is 15.2 Å². The smallest absolute Gasteiger partial charge is 0.326 e. The van der Waals surface area contributed by atoms with Gasteiger partial charge >= 0.3 is 12.0 Å². The maximum atomic E-state index is 12.0. The molecule has 0 aliphatic carbocycles. The third-order valence-electron chi connectivity index (χ3n) is 2.81. The summed E-state index contributed by atoms with van der Waals surface area (Å²) in [6.07, 6.45) is 3.24. The molecule has 1 rings (SSSR count). The molecule has 2 amide bonds. The number of aliphatic carboxylic acids is 1. The van der Waals surface area contributed by atoms with Gasteiger partial charge in [0.15, 0.2) is 0 Å². The molecule has 0 saturated carbocycles. The van der Waals surface area contributed by atoms with Gasteiger partial charge in [0, 0.05) is 38.5 Å². The summed E-state index contributed by atoms with van der Waals surface area (Å²) in [5.41, 5.74) is 0.908. The largest absolute Gasteiger partial charge is 0.480 e. The van der Waals surface area contributed by atoms with Gasteiger partial charge in [-0.15, -0.1) is 0 Å². The first kappa shape index (κ1) is 15.9. The molecule has 3 N–H and O–H groups in total. The number of urea groups is 1. The van der Waals surface area contributed by atoms with Crippen LogP contribution in [-0.2, 0) is 11.3 Å². The number of pyridine rings is 1.